The molecular weight excluding hydrogens is 228 g/mol. The number of nitrogens with two attached hydrogens (primary N) is 1. The van der Waals surface area contributed by atoms with Crippen LogP contribution in [0.15, 0.2) is 24.3 Å². The van der Waals surface area contributed by atoms with Gasteiger partial charge >= 0.3 is 0 Å². The highest BCUT2D eigenvalue weighted by molar-refractivity contribution is 5.83. The molecule has 18 heavy (non-hydrogen) atoms. The molecule has 1 rings (SSSR count). The van der Waals surface area contributed by atoms with Crippen molar-refractivity contribution in [1.82, 2.24) is 5.32 Å². The van der Waals surface area contributed by atoms with Gasteiger partial charge in [0.15, 0.2) is 0 Å². The molecule has 1 aromatic rings. The minimum Gasteiger partial charge on any atom is -0.496 e. The third kappa shape index (κ3) is 3.23. The van der Waals surface area contributed by atoms with Gasteiger partial charge in [-0.15, -0.1) is 0 Å². The second-order valence-corrected chi connectivity index (χ2v) is 4.84. The molecule has 1 unspecified atom stereocenters. The molecule has 0 aromatic heterocycles. The fraction of sp³-hybridized carbons (Fsp3) is 0.500. The summed E-state index contributed by atoms with van der Waals surface area (Å²) >= 11 is 0. The van der Waals surface area contributed by atoms with Crippen molar-refractivity contribution in [3.63, 3.8) is 0 Å². The average molecular weight is 250 g/mol. The number of hydrogen-bond donors (Lipinski definition) is 2. The summed E-state index contributed by atoms with van der Waals surface area (Å²) in [5.74, 6) is 0.452. The van der Waals surface area contributed by atoms with E-state index in [1.165, 1.54) is 0 Å². The van der Waals surface area contributed by atoms with Crippen molar-refractivity contribution in [3.05, 3.63) is 29.8 Å². The van der Waals surface area contributed by atoms with E-state index in [0.717, 1.165) is 17.7 Å². The molecule has 1 amide bonds. The van der Waals surface area contributed by atoms with Crippen LogP contribution in [0.25, 0.3) is 0 Å². The smallest absolute Gasteiger partial charge is 0.237 e. The highest BCUT2D eigenvalue weighted by Crippen LogP contribution is 2.28. The van der Waals surface area contributed by atoms with Crippen LogP contribution in [0.4, 0.5) is 0 Å². The largest absolute Gasteiger partial charge is 0.496 e. The molecule has 0 fully saturated rings. The number of hydrogen-bond acceptors (Lipinski definition) is 3. The van der Waals surface area contributed by atoms with Crippen molar-refractivity contribution in [2.45, 2.75) is 38.8 Å². The van der Waals surface area contributed by atoms with Gasteiger partial charge in [0.25, 0.3) is 0 Å². The van der Waals surface area contributed by atoms with E-state index in [1.54, 1.807) is 21.0 Å². The van der Waals surface area contributed by atoms with E-state index in [1.807, 2.05) is 24.3 Å². The van der Waals surface area contributed by atoms with Crippen molar-refractivity contribution in [2.24, 2.45) is 5.73 Å². The van der Waals surface area contributed by atoms with Gasteiger partial charge in [0.2, 0.25) is 5.91 Å². The summed E-state index contributed by atoms with van der Waals surface area (Å²) in [7, 11) is 1.64. The molecule has 3 N–H and O–H groups in total. The zero-order chi connectivity index (χ0) is 13.8. The second-order valence-electron chi connectivity index (χ2n) is 4.84. The van der Waals surface area contributed by atoms with Gasteiger partial charge in [-0.05, 0) is 26.3 Å². The standard InChI is InChI=1S/C14H22N2O2/c1-5-11(16-14(2,3)13(15)17)10-8-6-7-9-12(10)18-4/h6-9,11,16H,5H2,1-4H3,(H2,15,17). The quantitative estimate of drug-likeness (QED) is 0.811. The Hall–Kier alpha value is -1.55. The molecule has 4 heteroatoms. The number of primary amides is 1. The molecular formula is C14H22N2O2. The lowest BCUT2D eigenvalue weighted by Crippen LogP contribution is -2.51. The number of para-hydroxylation sites is 1. The maximum Gasteiger partial charge on any atom is 0.237 e. The van der Waals surface area contributed by atoms with E-state index in [4.69, 9.17) is 10.5 Å². The molecule has 0 saturated carbocycles. The molecule has 0 spiro atoms. The fourth-order valence-electron chi connectivity index (χ4n) is 1.86. The Kier molecular flexibility index (Phi) is 4.73. The van der Waals surface area contributed by atoms with E-state index >= 15 is 0 Å². The van der Waals surface area contributed by atoms with Crippen molar-refractivity contribution in [3.8, 4) is 5.75 Å². The van der Waals surface area contributed by atoms with Crippen molar-refractivity contribution in [2.75, 3.05) is 7.11 Å². The average Bonchev–Trinajstić information content (AvgIpc) is 2.35. The number of rotatable bonds is 6. The van der Waals surface area contributed by atoms with Gasteiger partial charge in [0.05, 0.1) is 12.6 Å². The summed E-state index contributed by atoms with van der Waals surface area (Å²) < 4.78 is 5.35. The lowest BCUT2D eigenvalue weighted by atomic mass is 9.97. The first-order valence-corrected chi connectivity index (χ1v) is 6.13. The highest BCUT2D eigenvalue weighted by Gasteiger charge is 2.28. The Morgan fingerprint density at radius 1 is 1.44 bits per heavy atom. The zero-order valence-corrected chi connectivity index (χ0v) is 11.5. The summed E-state index contributed by atoms with van der Waals surface area (Å²) in [5.41, 5.74) is 5.68. The lowest BCUT2D eigenvalue weighted by molar-refractivity contribution is -0.123. The highest BCUT2D eigenvalue weighted by atomic mass is 16.5. The summed E-state index contributed by atoms with van der Waals surface area (Å²) in [6, 6.07) is 7.82. The fourth-order valence-corrected chi connectivity index (χ4v) is 1.86. The van der Waals surface area contributed by atoms with E-state index in [-0.39, 0.29) is 11.9 Å². The first kappa shape index (κ1) is 14.5. The van der Waals surface area contributed by atoms with Crippen LogP contribution in [0.5, 0.6) is 5.75 Å². The number of carbonyl (C=O) groups is 1. The predicted molar refractivity (Wildman–Crippen MR) is 72.4 cm³/mol. The van der Waals surface area contributed by atoms with E-state index in [9.17, 15) is 4.79 Å². The van der Waals surface area contributed by atoms with E-state index in [0.29, 0.717) is 0 Å². The normalized spacial score (nSPS) is 13.1. The Balaban J connectivity index is 3.00. The van der Waals surface area contributed by atoms with Crippen LogP contribution in [0.1, 0.15) is 38.8 Å². The molecule has 0 bridgehead atoms. The summed E-state index contributed by atoms with van der Waals surface area (Å²) in [5, 5.41) is 3.28. The second kappa shape index (κ2) is 5.87. The lowest BCUT2D eigenvalue weighted by Gasteiger charge is -2.29. The molecule has 0 saturated heterocycles. The monoisotopic (exact) mass is 250 g/mol. The van der Waals surface area contributed by atoms with Gasteiger partial charge in [-0.1, -0.05) is 25.1 Å². The number of amides is 1. The maximum absolute atomic E-state index is 11.4. The van der Waals surface area contributed by atoms with Gasteiger partial charge in [-0.3, -0.25) is 10.1 Å². The van der Waals surface area contributed by atoms with Crippen LogP contribution in [0.3, 0.4) is 0 Å². The number of nitrogens with one attached hydrogen (secondary N) is 1. The van der Waals surface area contributed by atoms with E-state index < -0.39 is 5.54 Å². The van der Waals surface area contributed by atoms with Crippen molar-refractivity contribution < 1.29 is 9.53 Å². The molecule has 1 atom stereocenters. The number of ether oxygens (including phenoxy) is 1. The van der Waals surface area contributed by atoms with Crippen LogP contribution in [0.2, 0.25) is 0 Å². The van der Waals surface area contributed by atoms with Gasteiger partial charge in [0, 0.05) is 11.6 Å². The van der Waals surface area contributed by atoms with Gasteiger partial charge in [-0.25, -0.2) is 0 Å². The number of carbonyl (C=O) groups excluding carboxylic acids is 1. The van der Waals surface area contributed by atoms with Crippen LogP contribution < -0.4 is 15.8 Å². The zero-order valence-electron chi connectivity index (χ0n) is 11.5. The van der Waals surface area contributed by atoms with E-state index in [2.05, 4.69) is 12.2 Å². The molecule has 4 nitrogen and oxygen atoms in total. The predicted octanol–water partition coefficient (Wildman–Crippen LogP) is 2.00. The van der Waals surface area contributed by atoms with Gasteiger partial charge < -0.3 is 10.5 Å². The third-order valence-corrected chi connectivity index (χ3v) is 3.07. The molecule has 100 valence electrons. The molecule has 0 radical (unpaired) electrons. The third-order valence-electron chi connectivity index (χ3n) is 3.07. The summed E-state index contributed by atoms with van der Waals surface area (Å²) in [6.45, 7) is 5.63. The van der Waals surface area contributed by atoms with Gasteiger partial charge in [0.1, 0.15) is 5.75 Å². The Morgan fingerprint density at radius 2 is 2.06 bits per heavy atom. The van der Waals surface area contributed by atoms with Crippen LogP contribution in [0, 0.1) is 0 Å². The Labute approximate surface area is 109 Å². The summed E-state index contributed by atoms with van der Waals surface area (Å²) in [6.07, 6.45) is 0.844. The molecule has 0 aliphatic carbocycles. The molecule has 0 aliphatic heterocycles. The Morgan fingerprint density at radius 3 is 2.56 bits per heavy atom. The number of methoxy groups -OCH3 is 1. The molecule has 1 aromatic carbocycles. The minimum atomic E-state index is -0.748. The first-order valence-electron chi connectivity index (χ1n) is 6.13. The van der Waals surface area contributed by atoms with Crippen molar-refractivity contribution >= 4 is 5.91 Å². The first-order chi connectivity index (χ1) is 8.42. The van der Waals surface area contributed by atoms with Crippen molar-refractivity contribution in [1.29, 1.82) is 0 Å². The van der Waals surface area contributed by atoms with Crippen LogP contribution in [-0.4, -0.2) is 18.6 Å². The minimum absolute atomic E-state index is 0.0312. The SMILES string of the molecule is CCC(NC(C)(C)C(N)=O)c1ccccc1OC. The summed E-state index contributed by atoms with van der Waals surface area (Å²) in [4.78, 5) is 11.4. The van der Waals surface area contributed by atoms with Crippen LogP contribution >= 0.6 is 0 Å². The Bertz CT molecular complexity index is 416. The van der Waals surface area contributed by atoms with Crippen LogP contribution in [-0.2, 0) is 4.79 Å². The number of benzene rings is 1. The maximum atomic E-state index is 11.4. The topological polar surface area (TPSA) is 64.3 Å². The molecule has 0 aliphatic rings. The van der Waals surface area contributed by atoms with Gasteiger partial charge in [-0.2, -0.15) is 0 Å². The molecule has 0 heterocycles.